The molecule has 3 rings (SSSR count). The standard InChI is InChI=1S/C15H11ClN2O3/c1-21-11-4-2-3-10(8-11)18-13-7-9(16)5-6-12(13)14(19)17-15(18)20/h2-8H,1H3,(H,17,19,20). The minimum Gasteiger partial charge on any atom is -0.497 e. The fourth-order valence-electron chi connectivity index (χ4n) is 2.22. The average Bonchev–Trinajstić information content (AvgIpc) is 2.47. The van der Waals surface area contributed by atoms with Crippen LogP contribution >= 0.6 is 11.6 Å². The highest BCUT2D eigenvalue weighted by Crippen LogP contribution is 2.20. The maximum atomic E-state index is 12.2. The molecule has 0 bridgehead atoms. The molecule has 0 aliphatic heterocycles. The van der Waals surface area contributed by atoms with Gasteiger partial charge in [-0.05, 0) is 30.3 Å². The lowest BCUT2D eigenvalue weighted by molar-refractivity contribution is 0.414. The smallest absolute Gasteiger partial charge is 0.333 e. The van der Waals surface area contributed by atoms with E-state index >= 15 is 0 Å². The van der Waals surface area contributed by atoms with Crippen molar-refractivity contribution in [1.29, 1.82) is 0 Å². The van der Waals surface area contributed by atoms with E-state index < -0.39 is 11.2 Å². The zero-order chi connectivity index (χ0) is 15.0. The van der Waals surface area contributed by atoms with Gasteiger partial charge in [0.25, 0.3) is 5.56 Å². The van der Waals surface area contributed by atoms with Gasteiger partial charge in [0.2, 0.25) is 0 Å². The summed E-state index contributed by atoms with van der Waals surface area (Å²) in [6, 6.07) is 11.8. The monoisotopic (exact) mass is 302 g/mol. The Balaban J connectivity index is 2.43. The molecule has 0 aliphatic rings. The van der Waals surface area contributed by atoms with E-state index in [1.54, 1.807) is 49.6 Å². The summed E-state index contributed by atoms with van der Waals surface area (Å²) in [6.07, 6.45) is 0. The SMILES string of the molecule is COc1cccc(-n2c(=O)[nH]c(=O)c3ccc(Cl)cc32)c1. The molecule has 6 heteroatoms. The van der Waals surface area contributed by atoms with Crippen LogP contribution in [0, 0.1) is 0 Å². The van der Waals surface area contributed by atoms with Gasteiger partial charge >= 0.3 is 5.69 Å². The summed E-state index contributed by atoms with van der Waals surface area (Å²) >= 11 is 5.99. The fraction of sp³-hybridized carbons (Fsp3) is 0.0667. The second kappa shape index (κ2) is 5.10. The number of H-pyrrole nitrogens is 1. The van der Waals surface area contributed by atoms with E-state index in [0.717, 1.165) is 0 Å². The van der Waals surface area contributed by atoms with E-state index in [0.29, 0.717) is 27.4 Å². The molecule has 0 unspecified atom stereocenters. The number of nitrogens with zero attached hydrogens (tertiary/aromatic N) is 1. The third-order valence-electron chi connectivity index (χ3n) is 3.18. The molecule has 1 N–H and O–H groups in total. The fourth-order valence-corrected chi connectivity index (χ4v) is 2.38. The first kappa shape index (κ1) is 13.5. The van der Waals surface area contributed by atoms with E-state index in [1.165, 1.54) is 4.57 Å². The number of aromatic amines is 1. The Morgan fingerprint density at radius 1 is 1.14 bits per heavy atom. The number of fused-ring (bicyclic) bond motifs is 1. The van der Waals surface area contributed by atoms with Gasteiger partial charge in [-0.3, -0.25) is 14.3 Å². The number of hydrogen-bond donors (Lipinski definition) is 1. The van der Waals surface area contributed by atoms with E-state index in [2.05, 4.69) is 4.98 Å². The van der Waals surface area contributed by atoms with Gasteiger partial charge < -0.3 is 4.74 Å². The Hall–Kier alpha value is -2.53. The number of nitrogens with one attached hydrogen (secondary N) is 1. The molecule has 0 radical (unpaired) electrons. The normalized spacial score (nSPS) is 10.8. The summed E-state index contributed by atoms with van der Waals surface area (Å²) in [5, 5.41) is 0.839. The molecule has 0 fully saturated rings. The Morgan fingerprint density at radius 2 is 1.95 bits per heavy atom. The van der Waals surface area contributed by atoms with Gasteiger partial charge in [0.1, 0.15) is 5.75 Å². The molecule has 0 aliphatic carbocycles. The van der Waals surface area contributed by atoms with Crippen molar-refractivity contribution in [2.75, 3.05) is 7.11 Å². The molecule has 106 valence electrons. The zero-order valence-electron chi connectivity index (χ0n) is 11.1. The summed E-state index contributed by atoms with van der Waals surface area (Å²) in [5.74, 6) is 0.612. The molecular formula is C15H11ClN2O3. The quantitative estimate of drug-likeness (QED) is 0.790. The van der Waals surface area contributed by atoms with Crippen LogP contribution in [-0.2, 0) is 0 Å². The van der Waals surface area contributed by atoms with Crippen LogP contribution in [0.15, 0.2) is 52.1 Å². The van der Waals surface area contributed by atoms with Gasteiger partial charge in [-0.2, -0.15) is 0 Å². The zero-order valence-corrected chi connectivity index (χ0v) is 11.8. The lowest BCUT2D eigenvalue weighted by Crippen LogP contribution is -2.29. The van der Waals surface area contributed by atoms with Crippen LogP contribution in [0.4, 0.5) is 0 Å². The first-order valence-corrected chi connectivity index (χ1v) is 6.57. The van der Waals surface area contributed by atoms with Crippen molar-refractivity contribution < 1.29 is 4.74 Å². The summed E-state index contributed by atoms with van der Waals surface area (Å²) in [7, 11) is 1.55. The van der Waals surface area contributed by atoms with Crippen molar-refractivity contribution >= 4 is 22.5 Å². The van der Waals surface area contributed by atoms with Gasteiger partial charge in [0, 0.05) is 11.1 Å². The van der Waals surface area contributed by atoms with Crippen LogP contribution in [-0.4, -0.2) is 16.7 Å². The number of hydrogen-bond acceptors (Lipinski definition) is 3. The van der Waals surface area contributed by atoms with E-state index in [-0.39, 0.29) is 0 Å². The lowest BCUT2D eigenvalue weighted by Gasteiger charge is -2.10. The summed E-state index contributed by atoms with van der Waals surface area (Å²) in [6.45, 7) is 0. The van der Waals surface area contributed by atoms with Crippen LogP contribution in [0.3, 0.4) is 0 Å². The van der Waals surface area contributed by atoms with Crippen molar-refractivity contribution in [1.82, 2.24) is 9.55 Å². The Kier molecular flexibility index (Phi) is 3.27. The second-order valence-electron chi connectivity index (χ2n) is 4.46. The maximum absolute atomic E-state index is 12.2. The van der Waals surface area contributed by atoms with Crippen LogP contribution in [0.2, 0.25) is 5.02 Å². The molecular weight excluding hydrogens is 292 g/mol. The van der Waals surface area contributed by atoms with Gasteiger partial charge in [-0.1, -0.05) is 17.7 Å². The van der Waals surface area contributed by atoms with Crippen LogP contribution < -0.4 is 16.0 Å². The Morgan fingerprint density at radius 3 is 2.71 bits per heavy atom. The van der Waals surface area contributed by atoms with Crippen LogP contribution in [0.25, 0.3) is 16.6 Å². The number of methoxy groups -OCH3 is 1. The van der Waals surface area contributed by atoms with E-state index in [4.69, 9.17) is 16.3 Å². The Bertz CT molecular complexity index is 944. The van der Waals surface area contributed by atoms with Crippen molar-refractivity contribution in [3.05, 3.63) is 68.3 Å². The molecule has 0 atom stereocenters. The second-order valence-corrected chi connectivity index (χ2v) is 4.89. The highest BCUT2D eigenvalue weighted by atomic mass is 35.5. The minimum atomic E-state index is -0.525. The number of halogens is 1. The van der Waals surface area contributed by atoms with E-state index in [1.807, 2.05) is 0 Å². The summed E-state index contributed by atoms with van der Waals surface area (Å²) in [4.78, 5) is 26.4. The van der Waals surface area contributed by atoms with Crippen molar-refractivity contribution in [2.45, 2.75) is 0 Å². The van der Waals surface area contributed by atoms with Gasteiger partial charge in [0.05, 0.1) is 23.7 Å². The minimum absolute atomic E-state index is 0.391. The first-order valence-electron chi connectivity index (χ1n) is 6.19. The maximum Gasteiger partial charge on any atom is 0.333 e. The number of benzene rings is 2. The summed E-state index contributed by atoms with van der Waals surface area (Å²) in [5.41, 5.74) is 0.0706. The topological polar surface area (TPSA) is 64.1 Å². The molecule has 5 nitrogen and oxygen atoms in total. The largest absolute Gasteiger partial charge is 0.497 e. The molecule has 0 saturated heterocycles. The number of ether oxygens (including phenoxy) is 1. The van der Waals surface area contributed by atoms with Crippen molar-refractivity contribution in [3.63, 3.8) is 0 Å². The molecule has 2 aromatic carbocycles. The van der Waals surface area contributed by atoms with E-state index in [9.17, 15) is 9.59 Å². The first-order chi connectivity index (χ1) is 10.1. The Labute approximate surface area is 124 Å². The predicted molar refractivity (Wildman–Crippen MR) is 81.7 cm³/mol. The van der Waals surface area contributed by atoms with Gasteiger partial charge in [-0.25, -0.2) is 4.79 Å². The average molecular weight is 303 g/mol. The van der Waals surface area contributed by atoms with Crippen LogP contribution in [0.1, 0.15) is 0 Å². The third-order valence-corrected chi connectivity index (χ3v) is 3.42. The van der Waals surface area contributed by atoms with Gasteiger partial charge in [0.15, 0.2) is 0 Å². The van der Waals surface area contributed by atoms with Crippen molar-refractivity contribution in [2.24, 2.45) is 0 Å². The highest BCUT2D eigenvalue weighted by Gasteiger charge is 2.10. The summed E-state index contributed by atoms with van der Waals surface area (Å²) < 4.78 is 6.56. The molecule has 0 amide bonds. The molecule has 1 heterocycles. The molecule has 3 aromatic rings. The lowest BCUT2D eigenvalue weighted by atomic mass is 10.2. The molecule has 1 aromatic heterocycles. The number of aromatic nitrogens is 2. The van der Waals surface area contributed by atoms with Gasteiger partial charge in [-0.15, -0.1) is 0 Å². The number of rotatable bonds is 2. The molecule has 0 saturated carbocycles. The van der Waals surface area contributed by atoms with Crippen LogP contribution in [0.5, 0.6) is 5.75 Å². The predicted octanol–water partition coefficient (Wildman–Crippen LogP) is 2.34. The van der Waals surface area contributed by atoms with Crippen molar-refractivity contribution in [3.8, 4) is 11.4 Å². The highest BCUT2D eigenvalue weighted by molar-refractivity contribution is 6.31. The molecule has 0 spiro atoms. The third kappa shape index (κ3) is 2.32. The molecule has 21 heavy (non-hydrogen) atoms.